The molecule has 1 saturated heterocycles. The van der Waals surface area contributed by atoms with Crippen molar-refractivity contribution in [1.29, 1.82) is 5.41 Å². The summed E-state index contributed by atoms with van der Waals surface area (Å²) in [6.07, 6.45) is 2.35. The molecule has 5 nitrogen and oxygen atoms in total. The molecule has 1 aliphatic rings. The monoisotopic (exact) mass is 388 g/mol. The lowest BCUT2D eigenvalue weighted by Gasteiger charge is -2.38. The van der Waals surface area contributed by atoms with Crippen molar-refractivity contribution in [1.82, 2.24) is 4.90 Å². The summed E-state index contributed by atoms with van der Waals surface area (Å²) in [4.78, 5) is 14.4. The van der Waals surface area contributed by atoms with E-state index in [2.05, 4.69) is 0 Å². The van der Waals surface area contributed by atoms with Crippen molar-refractivity contribution in [2.75, 3.05) is 19.7 Å². The molecule has 0 aromatic heterocycles. The molecule has 0 unspecified atom stereocenters. The average Bonchev–Trinajstić information content (AvgIpc) is 2.78. The molecular formula is C24H24N2O3. The molecule has 148 valence electrons. The number of nitrogens with zero attached hydrogens (tertiary/aromatic N) is 1. The first-order valence-electron chi connectivity index (χ1n) is 9.81. The summed E-state index contributed by atoms with van der Waals surface area (Å²) in [6, 6.07) is 21.0. The van der Waals surface area contributed by atoms with Crippen LogP contribution in [0.25, 0.3) is 10.8 Å². The van der Waals surface area contributed by atoms with E-state index in [1.165, 1.54) is 6.21 Å². The van der Waals surface area contributed by atoms with E-state index in [9.17, 15) is 9.90 Å². The van der Waals surface area contributed by atoms with Crippen LogP contribution >= 0.6 is 0 Å². The third kappa shape index (κ3) is 3.87. The SMILES string of the molecule is N=Cc1ccc(OCC(=O)N2CCC(O)(c3ccccc3)CC2)c2ccccc12. The van der Waals surface area contributed by atoms with Crippen LogP contribution < -0.4 is 4.74 Å². The molecule has 1 amide bonds. The van der Waals surface area contributed by atoms with Gasteiger partial charge in [0.25, 0.3) is 5.91 Å². The minimum absolute atomic E-state index is 0.0440. The molecule has 1 heterocycles. The molecule has 3 aromatic carbocycles. The smallest absolute Gasteiger partial charge is 0.260 e. The van der Waals surface area contributed by atoms with Crippen LogP contribution in [0.4, 0.5) is 0 Å². The van der Waals surface area contributed by atoms with Crippen molar-refractivity contribution in [3.05, 3.63) is 77.9 Å². The van der Waals surface area contributed by atoms with Crippen LogP contribution in [0.3, 0.4) is 0 Å². The van der Waals surface area contributed by atoms with Crippen LogP contribution in [-0.4, -0.2) is 41.8 Å². The molecule has 0 bridgehead atoms. The van der Waals surface area contributed by atoms with Gasteiger partial charge in [-0.25, -0.2) is 0 Å². The van der Waals surface area contributed by atoms with Gasteiger partial charge >= 0.3 is 0 Å². The van der Waals surface area contributed by atoms with Crippen molar-refractivity contribution in [3.8, 4) is 5.75 Å². The number of carbonyl (C=O) groups is 1. The van der Waals surface area contributed by atoms with Crippen LogP contribution in [0.15, 0.2) is 66.7 Å². The third-order valence-corrected chi connectivity index (χ3v) is 5.68. The predicted molar refractivity (Wildman–Crippen MR) is 113 cm³/mol. The van der Waals surface area contributed by atoms with Gasteiger partial charge in [0, 0.05) is 30.3 Å². The fraction of sp³-hybridized carbons (Fsp3) is 0.250. The second-order valence-electron chi connectivity index (χ2n) is 7.41. The van der Waals surface area contributed by atoms with Gasteiger partial charge in [-0.3, -0.25) is 4.79 Å². The minimum Gasteiger partial charge on any atom is -0.483 e. The molecule has 0 atom stereocenters. The Hall–Kier alpha value is -3.18. The van der Waals surface area contributed by atoms with Crippen molar-refractivity contribution in [3.63, 3.8) is 0 Å². The Morgan fingerprint density at radius 1 is 1.00 bits per heavy atom. The molecule has 5 heteroatoms. The zero-order chi connectivity index (χ0) is 20.3. The van der Waals surface area contributed by atoms with E-state index >= 15 is 0 Å². The maximum absolute atomic E-state index is 12.7. The predicted octanol–water partition coefficient (Wildman–Crippen LogP) is 3.73. The van der Waals surface area contributed by atoms with Crippen molar-refractivity contribution >= 4 is 22.9 Å². The zero-order valence-electron chi connectivity index (χ0n) is 16.2. The highest BCUT2D eigenvalue weighted by molar-refractivity contribution is 6.01. The van der Waals surface area contributed by atoms with Crippen molar-refractivity contribution in [2.24, 2.45) is 0 Å². The number of nitrogens with one attached hydrogen (secondary N) is 1. The number of rotatable bonds is 5. The van der Waals surface area contributed by atoms with Gasteiger partial charge in [-0.15, -0.1) is 0 Å². The summed E-state index contributed by atoms with van der Waals surface area (Å²) >= 11 is 0. The van der Waals surface area contributed by atoms with Gasteiger partial charge in [0.1, 0.15) is 5.75 Å². The van der Waals surface area contributed by atoms with E-state index in [0.29, 0.717) is 31.7 Å². The number of benzene rings is 3. The number of likely N-dealkylation sites (tertiary alicyclic amines) is 1. The highest BCUT2D eigenvalue weighted by Gasteiger charge is 2.35. The van der Waals surface area contributed by atoms with Gasteiger partial charge in [0.05, 0.1) is 5.60 Å². The highest BCUT2D eigenvalue weighted by atomic mass is 16.5. The molecule has 0 spiro atoms. The van der Waals surface area contributed by atoms with Gasteiger partial charge in [0.2, 0.25) is 0 Å². The summed E-state index contributed by atoms with van der Waals surface area (Å²) < 4.78 is 5.84. The quantitative estimate of drug-likeness (QED) is 0.654. The first kappa shape index (κ1) is 19.2. The molecule has 4 rings (SSSR count). The van der Waals surface area contributed by atoms with E-state index < -0.39 is 5.60 Å². The van der Waals surface area contributed by atoms with Crippen LogP contribution in [0, 0.1) is 5.41 Å². The fourth-order valence-electron chi connectivity index (χ4n) is 3.94. The van der Waals surface area contributed by atoms with Gasteiger partial charge in [-0.2, -0.15) is 0 Å². The molecular weight excluding hydrogens is 364 g/mol. The van der Waals surface area contributed by atoms with E-state index in [1.54, 1.807) is 11.0 Å². The molecule has 0 saturated carbocycles. The molecule has 0 radical (unpaired) electrons. The molecule has 2 N–H and O–H groups in total. The number of piperidine rings is 1. The van der Waals surface area contributed by atoms with Gasteiger partial charge < -0.3 is 20.2 Å². The third-order valence-electron chi connectivity index (χ3n) is 5.68. The average molecular weight is 388 g/mol. The van der Waals surface area contributed by atoms with Crippen molar-refractivity contribution in [2.45, 2.75) is 18.4 Å². The number of aliphatic hydroxyl groups is 1. The number of hydrogen-bond donors (Lipinski definition) is 2. The zero-order valence-corrected chi connectivity index (χ0v) is 16.2. The van der Waals surface area contributed by atoms with Crippen LogP contribution in [0.1, 0.15) is 24.0 Å². The number of ether oxygens (including phenoxy) is 1. The summed E-state index contributed by atoms with van der Waals surface area (Å²) in [6.45, 7) is 0.958. The number of carbonyl (C=O) groups excluding carboxylic acids is 1. The highest BCUT2D eigenvalue weighted by Crippen LogP contribution is 2.33. The molecule has 29 heavy (non-hydrogen) atoms. The largest absolute Gasteiger partial charge is 0.483 e. The Bertz CT molecular complexity index is 1020. The topological polar surface area (TPSA) is 73.6 Å². The second kappa shape index (κ2) is 8.05. The lowest BCUT2D eigenvalue weighted by atomic mass is 9.84. The summed E-state index contributed by atoms with van der Waals surface area (Å²) in [5.41, 5.74) is 0.842. The maximum atomic E-state index is 12.7. The number of fused-ring (bicyclic) bond motifs is 1. The summed E-state index contributed by atoms with van der Waals surface area (Å²) in [7, 11) is 0. The Labute approximate surface area is 170 Å². The lowest BCUT2D eigenvalue weighted by Crippen LogP contribution is -2.46. The number of amides is 1. The number of hydrogen-bond acceptors (Lipinski definition) is 4. The Morgan fingerprint density at radius 2 is 1.66 bits per heavy atom. The van der Waals surface area contributed by atoms with Gasteiger partial charge in [0.15, 0.2) is 6.61 Å². The fourth-order valence-corrected chi connectivity index (χ4v) is 3.94. The summed E-state index contributed by atoms with van der Waals surface area (Å²) in [5, 5.41) is 20.3. The molecule has 3 aromatic rings. The van der Waals surface area contributed by atoms with Crippen molar-refractivity contribution < 1.29 is 14.6 Å². The van der Waals surface area contributed by atoms with E-state index in [1.807, 2.05) is 60.7 Å². The first-order valence-corrected chi connectivity index (χ1v) is 9.81. The van der Waals surface area contributed by atoms with Gasteiger partial charge in [-0.05, 0) is 35.9 Å². The normalized spacial score (nSPS) is 15.8. The second-order valence-corrected chi connectivity index (χ2v) is 7.41. The summed E-state index contributed by atoms with van der Waals surface area (Å²) in [5.74, 6) is 0.553. The Balaban J connectivity index is 1.40. The Kier molecular flexibility index (Phi) is 5.32. The first-order chi connectivity index (χ1) is 14.1. The van der Waals surface area contributed by atoms with E-state index in [-0.39, 0.29) is 12.5 Å². The minimum atomic E-state index is -0.877. The lowest BCUT2D eigenvalue weighted by molar-refractivity contribution is -0.137. The molecule has 0 aliphatic carbocycles. The maximum Gasteiger partial charge on any atom is 0.260 e. The Morgan fingerprint density at radius 3 is 2.34 bits per heavy atom. The molecule has 1 fully saturated rings. The van der Waals surface area contributed by atoms with E-state index in [4.69, 9.17) is 10.1 Å². The van der Waals surface area contributed by atoms with Crippen LogP contribution in [0.2, 0.25) is 0 Å². The van der Waals surface area contributed by atoms with Crippen LogP contribution in [0.5, 0.6) is 5.75 Å². The van der Waals surface area contributed by atoms with Crippen LogP contribution in [-0.2, 0) is 10.4 Å². The van der Waals surface area contributed by atoms with Gasteiger partial charge in [-0.1, -0.05) is 54.6 Å². The standard InChI is InChI=1S/C24H24N2O3/c25-16-18-10-11-22(21-9-5-4-8-20(18)21)29-17-23(27)26-14-12-24(28,13-15-26)19-6-2-1-3-7-19/h1-11,16,25,28H,12-15,17H2. The molecule has 1 aliphatic heterocycles. The van der Waals surface area contributed by atoms with E-state index in [0.717, 1.165) is 21.9 Å².